The third kappa shape index (κ3) is 4.05. The predicted octanol–water partition coefficient (Wildman–Crippen LogP) is 3.00. The zero-order valence-electron chi connectivity index (χ0n) is 13.2. The molecule has 1 heterocycles. The lowest BCUT2D eigenvalue weighted by Crippen LogP contribution is -2.35. The molecule has 0 saturated carbocycles. The van der Waals surface area contributed by atoms with Crippen LogP contribution in [-0.2, 0) is 11.2 Å². The maximum Gasteiger partial charge on any atom is 0.414 e. The van der Waals surface area contributed by atoms with Crippen LogP contribution >= 0.6 is 11.6 Å². The molecular formula is C16H23ClN2O3. The van der Waals surface area contributed by atoms with Crippen molar-refractivity contribution in [1.82, 2.24) is 0 Å². The number of carbonyl (C=O) groups is 1. The maximum atomic E-state index is 12.3. The molecule has 0 aromatic heterocycles. The lowest BCUT2D eigenvalue weighted by Gasteiger charge is -2.25. The van der Waals surface area contributed by atoms with Gasteiger partial charge in [0.1, 0.15) is 5.60 Å². The quantitative estimate of drug-likeness (QED) is 0.835. The molecule has 1 atom stereocenters. The second-order valence-corrected chi connectivity index (χ2v) is 6.68. The van der Waals surface area contributed by atoms with E-state index in [2.05, 4.69) is 5.32 Å². The molecule has 6 heteroatoms. The smallest absolute Gasteiger partial charge is 0.414 e. The topological polar surface area (TPSA) is 61.8 Å². The summed E-state index contributed by atoms with van der Waals surface area (Å²) in [6.07, 6.45) is -0.167. The molecule has 0 saturated heterocycles. The van der Waals surface area contributed by atoms with Crippen LogP contribution in [0.3, 0.4) is 0 Å². The molecule has 1 unspecified atom stereocenters. The van der Waals surface area contributed by atoms with E-state index in [1.54, 1.807) is 4.90 Å². The molecule has 1 aromatic rings. The van der Waals surface area contributed by atoms with E-state index in [1.807, 2.05) is 39.0 Å². The van der Waals surface area contributed by atoms with Crippen molar-refractivity contribution in [3.8, 4) is 0 Å². The van der Waals surface area contributed by atoms with E-state index in [0.29, 0.717) is 13.1 Å². The second kappa shape index (κ2) is 6.75. The number of aliphatic hydroxyl groups excluding tert-OH is 1. The summed E-state index contributed by atoms with van der Waals surface area (Å²) in [5.74, 6) is 0.187. The summed E-state index contributed by atoms with van der Waals surface area (Å²) in [6.45, 7) is 6.54. The molecule has 0 radical (unpaired) electrons. The lowest BCUT2D eigenvalue weighted by atomic mass is 10.1. The number of halogens is 1. The number of amides is 1. The minimum atomic E-state index is -0.596. The molecule has 22 heavy (non-hydrogen) atoms. The Bertz CT molecular complexity index is 543. The van der Waals surface area contributed by atoms with Crippen molar-refractivity contribution in [3.63, 3.8) is 0 Å². The molecule has 5 nitrogen and oxygen atoms in total. The molecule has 0 spiro atoms. The first kappa shape index (κ1) is 16.9. The van der Waals surface area contributed by atoms with Crippen LogP contribution in [0.5, 0.6) is 0 Å². The predicted molar refractivity (Wildman–Crippen MR) is 88.9 cm³/mol. The van der Waals surface area contributed by atoms with Gasteiger partial charge in [-0.3, -0.25) is 4.90 Å². The van der Waals surface area contributed by atoms with Crippen molar-refractivity contribution in [1.29, 1.82) is 0 Å². The Balaban J connectivity index is 2.14. The third-order valence-corrected chi connectivity index (χ3v) is 3.70. The summed E-state index contributed by atoms with van der Waals surface area (Å²) in [4.78, 5) is 13.9. The summed E-state index contributed by atoms with van der Waals surface area (Å²) >= 11 is 5.60. The number of nitrogens with one attached hydrogen (secondary N) is 1. The first-order valence-corrected chi connectivity index (χ1v) is 7.95. The third-order valence-electron chi connectivity index (χ3n) is 3.35. The number of ether oxygens (including phenoxy) is 1. The standard InChI is InChI=1S/C16H23ClN2O3/c1-16(2,3)22-15(21)19-8-7-12-13(5-4-6-14(12)19)18-10-11(20)9-17/h4-6,11,18,20H,7-10H2,1-3H3. The van der Waals surface area contributed by atoms with Gasteiger partial charge in [-0.1, -0.05) is 6.07 Å². The van der Waals surface area contributed by atoms with Gasteiger partial charge in [0.2, 0.25) is 0 Å². The number of carbonyl (C=O) groups excluding carboxylic acids is 1. The lowest BCUT2D eigenvalue weighted by molar-refractivity contribution is 0.0584. The molecule has 2 rings (SSSR count). The van der Waals surface area contributed by atoms with Crippen LogP contribution in [0, 0.1) is 0 Å². The average Bonchev–Trinajstić information content (AvgIpc) is 2.87. The highest BCUT2D eigenvalue weighted by atomic mass is 35.5. The summed E-state index contributed by atoms with van der Waals surface area (Å²) in [5.41, 5.74) is 2.34. The molecule has 122 valence electrons. The molecule has 1 aliphatic heterocycles. The summed E-state index contributed by atoms with van der Waals surface area (Å²) in [6, 6.07) is 5.74. The SMILES string of the molecule is CC(C)(C)OC(=O)N1CCc2c(NCC(O)CCl)cccc21. The van der Waals surface area contributed by atoms with Crippen LogP contribution in [0.15, 0.2) is 18.2 Å². The van der Waals surface area contributed by atoms with Crippen molar-refractivity contribution < 1.29 is 14.6 Å². The Morgan fingerprint density at radius 2 is 2.23 bits per heavy atom. The Morgan fingerprint density at radius 1 is 1.50 bits per heavy atom. The number of nitrogens with zero attached hydrogens (tertiary/aromatic N) is 1. The van der Waals surface area contributed by atoms with Crippen LogP contribution in [0.25, 0.3) is 0 Å². The van der Waals surface area contributed by atoms with Gasteiger partial charge in [0, 0.05) is 24.3 Å². The second-order valence-electron chi connectivity index (χ2n) is 6.37. The molecule has 1 aromatic carbocycles. The highest BCUT2D eigenvalue weighted by Crippen LogP contribution is 2.34. The minimum absolute atomic E-state index is 0.187. The molecular weight excluding hydrogens is 304 g/mol. The summed E-state index contributed by atoms with van der Waals surface area (Å²) < 4.78 is 5.44. The number of hydrogen-bond acceptors (Lipinski definition) is 4. The Kier molecular flexibility index (Phi) is 5.19. The fourth-order valence-corrected chi connectivity index (χ4v) is 2.50. The Morgan fingerprint density at radius 3 is 2.86 bits per heavy atom. The van der Waals surface area contributed by atoms with E-state index >= 15 is 0 Å². The highest BCUT2D eigenvalue weighted by Gasteiger charge is 2.30. The van der Waals surface area contributed by atoms with E-state index in [0.717, 1.165) is 23.4 Å². The van der Waals surface area contributed by atoms with Gasteiger partial charge < -0.3 is 15.2 Å². The van der Waals surface area contributed by atoms with Gasteiger partial charge in [-0.25, -0.2) is 4.79 Å². The number of anilines is 2. The number of rotatable bonds is 4. The van der Waals surface area contributed by atoms with Crippen LogP contribution < -0.4 is 10.2 Å². The van der Waals surface area contributed by atoms with Gasteiger partial charge in [-0.15, -0.1) is 11.6 Å². The van der Waals surface area contributed by atoms with Crippen molar-refractivity contribution in [2.24, 2.45) is 0 Å². The van der Waals surface area contributed by atoms with Crippen molar-refractivity contribution in [2.45, 2.75) is 38.9 Å². The number of alkyl halides is 1. The number of fused-ring (bicyclic) bond motifs is 1. The van der Waals surface area contributed by atoms with E-state index in [-0.39, 0.29) is 12.0 Å². The van der Waals surface area contributed by atoms with Crippen molar-refractivity contribution >= 4 is 29.1 Å². The van der Waals surface area contributed by atoms with Gasteiger partial charge in [-0.2, -0.15) is 0 Å². The molecule has 1 aliphatic rings. The van der Waals surface area contributed by atoms with Crippen LogP contribution in [0.2, 0.25) is 0 Å². The summed E-state index contributed by atoms with van der Waals surface area (Å²) in [5, 5.41) is 12.7. The van der Waals surface area contributed by atoms with Gasteiger partial charge >= 0.3 is 6.09 Å². The van der Waals surface area contributed by atoms with Crippen molar-refractivity contribution in [2.75, 3.05) is 29.2 Å². The van der Waals surface area contributed by atoms with Crippen LogP contribution in [-0.4, -0.2) is 41.9 Å². The number of aliphatic hydroxyl groups is 1. The van der Waals surface area contributed by atoms with E-state index in [9.17, 15) is 9.90 Å². The molecule has 0 fully saturated rings. The van der Waals surface area contributed by atoms with E-state index in [1.165, 1.54) is 0 Å². The molecule has 2 N–H and O–H groups in total. The van der Waals surface area contributed by atoms with Crippen molar-refractivity contribution in [3.05, 3.63) is 23.8 Å². The minimum Gasteiger partial charge on any atom is -0.443 e. The monoisotopic (exact) mass is 326 g/mol. The van der Waals surface area contributed by atoms with E-state index < -0.39 is 11.7 Å². The zero-order valence-corrected chi connectivity index (χ0v) is 14.0. The van der Waals surface area contributed by atoms with Gasteiger partial charge in [0.15, 0.2) is 0 Å². The molecule has 1 amide bonds. The maximum absolute atomic E-state index is 12.3. The fourth-order valence-electron chi connectivity index (χ4n) is 2.39. The van der Waals surface area contributed by atoms with Gasteiger partial charge in [0.05, 0.1) is 17.7 Å². The average molecular weight is 327 g/mol. The number of hydrogen-bond donors (Lipinski definition) is 2. The van der Waals surface area contributed by atoms with Gasteiger partial charge in [0.25, 0.3) is 0 Å². The molecule has 0 aliphatic carbocycles. The first-order valence-electron chi connectivity index (χ1n) is 7.42. The van der Waals surface area contributed by atoms with E-state index in [4.69, 9.17) is 16.3 Å². The van der Waals surface area contributed by atoms with Gasteiger partial charge in [-0.05, 0) is 39.3 Å². The van der Waals surface area contributed by atoms with Crippen LogP contribution in [0.1, 0.15) is 26.3 Å². The highest BCUT2D eigenvalue weighted by molar-refractivity contribution is 6.18. The zero-order chi connectivity index (χ0) is 16.3. The largest absolute Gasteiger partial charge is 0.443 e. The van der Waals surface area contributed by atoms with Crippen LogP contribution in [0.4, 0.5) is 16.2 Å². The fraction of sp³-hybridized carbons (Fsp3) is 0.562. The Hall–Kier alpha value is -1.46. The normalized spacial score (nSPS) is 15.4. The molecule has 0 bridgehead atoms. The first-order chi connectivity index (χ1) is 10.3. The summed E-state index contributed by atoms with van der Waals surface area (Å²) in [7, 11) is 0. The number of benzene rings is 1. The Labute approximate surface area is 136 Å².